The standard InChI is InChI=1S/C23H25N7O/c31-22-19-16-26-30(18-8-4-3-5-9-18)21(19)27-23(28-22)25-15-17-10-11-20(24-14-17)29-12-6-1-2-7-13-29/h3-5,8-11,14,16H,1-2,6-7,12-13,15H2,(H2,25,27,28,31). The van der Waals surface area contributed by atoms with Gasteiger partial charge in [-0.25, -0.2) is 9.67 Å². The molecule has 8 heteroatoms. The smallest absolute Gasteiger partial charge is 0.263 e. The van der Waals surface area contributed by atoms with Crippen molar-refractivity contribution in [2.24, 2.45) is 0 Å². The molecule has 4 heterocycles. The topological polar surface area (TPSA) is 91.7 Å². The van der Waals surface area contributed by atoms with Crippen LogP contribution in [0.15, 0.2) is 59.7 Å². The molecular weight excluding hydrogens is 390 g/mol. The number of hydrogen-bond acceptors (Lipinski definition) is 6. The third-order valence-electron chi connectivity index (χ3n) is 5.64. The summed E-state index contributed by atoms with van der Waals surface area (Å²) in [6, 6.07) is 13.8. The molecule has 5 rings (SSSR count). The van der Waals surface area contributed by atoms with Crippen LogP contribution in [0.25, 0.3) is 16.7 Å². The number of fused-ring (bicyclic) bond motifs is 1. The summed E-state index contributed by atoms with van der Waals surface area (Å²) in [5.41, 5.74) is 2.18. The Morgan fingerprint density at radius 1 is 0.968 bits per heavy atom. The van der Waals surface area contributed by atoms with E-state index in [1.165, 1.54) is 25.7 Å². The number of nitrogens with one attached hydrogen (secondary N) is 2. The molecule has 0 spiro atoms. The van der Waals surface area contributed by atoms with Gasteiger partial charge in [0, 0.05) is 25.8 Å². The van der Waals surface area contributed by atoms with Crippen molar-refractivity contribution >= 4 is 22.8 Å². The number of hydrogen-bond donors (Lipinski definition) is 2. The number of pyridine rings is 1. The summed E-state index contributed by atoms with van der Waals surface area (Å²) in [5.74, 6) is 1.44. The highest BCUT2D eigenvalue weighted by Gasteiger charge is 2.13. The summed E-state index contributed by atoms with van der Waals surface area (Å²) in [6.07, 6.45) is 8.49. The SMILES string of the molecule is O=c1[nH]c(NCc2ccc(N3CCCCCC3)nc2)nc2c1cnn2-c1ccccc1. The molecule has 3 aromatic heterocycles. The molecule has 1 aromatic carbocycles. The normalized spacial score (nSPS) is 14.5. The molecule has 1 aliphatic heterocycles. The Labute approximate surface area is 180 Å². The Balaban J connectivity index is 1.33. The average molecular weight is 416 g/mol. The number of aromatic amines is 1. The van der Waals surface area contributed by atoms with Crippen LogP contribution in [0.5, 0.6) is 0 Å². The molecule has 1 saturated heterocycles. The van der Waals surface area contributed by atoms with E-state index in [2.05, 4.69) is 42.4 Å². The minimum absolute atomic E-state index is 0.218. The Hall–Kier alpha value is -3.68. The van der Waals surface area contributed by atoms with Crippen LogP contribution in [-0.2, 0) is 6.54 Å². The van der Waals surface area contributed by atoms with Gasteiger partial charge in [-0.15, -0.1) is 0 Å². The second-order valence-electron chi connectivity index (χ2n) is 7.82. The summed E-state index contributed by atoms with van der Waals surface area (Å²) in [7, 11) is 0. The fourth-order valence-corrected chi connectivity index (χ4v) is 3.95. The molecule has 1 aliphatic rings. The zero-order valence-electron chi connectivity index (χ0n) is 17.3. The van der Waals surface area contributed by atoms with Gasteiger partial charge in [-0.2, -0.15) is 10.1 Å². The predicted octanol–water partition coefficient (Wildman–Crippen LogP) is 3.50. The van der Waals surface area contributed by atoms with Crippen LogP contribution in [0.4, 0.5) is 11.8 Å². The van der Waals surface area contributed by atoms with Crippen molar-refractivity contribution < 1.29 is 0 Å². The van der Waals surface area contributed by atoms with Crippen LogP contribution in [-0.4, -0.2) is 37.8 Å². The molecule has 0 atom stereocenters. The fourth-order valence-electron chi connectivity index (χ4n) is 3.95. The van der Waals surface area contributed by atoms with E-state index in [9.17, 15) is 4.79 Å². The number of nitrogens with zero attached hydrogens (tertiary/aromatic N) is 5. The minimum Gasteiger partial charge on any atom is -0.357 e. The van der Waals surface area contributed by atoms with E-state index < -0.39 is 0 Å². The molecule has 0 unspecified atom stereocenters. The lowest BCUT2D eigenvalue weighted by atomic mass is 10.2. The van der Waals surface area contributed by atoms with Crippen molar-refractivity contribution in [1.82, 2.24) is 24.7 Å². The predicted molar refractivity (Wildman–Crippen MR) is 122 cm³/mol. The summed E-state index contributed by atoms with van der Waals surface area (Å²) >= 11 is 0. The van der Waals surface area contributed by atoms with Gasteiger partial charge in [0.15, 0.2) is 5.65 Å². The molecular formula is C23H25N7O. The Morgan fingerprint density at radius 2 is 1.77 bits per heavy atom. The van der Waals surface area contributed by atoms with Gasteiger partial charge in [-0.05, 0) is 36.6 Å². The average Bonchev–Trinajstić information content (AvgIpc) is 3.05. The maximum atomic E-state index is 12.5. The first-order chi connectivity index (χ1) is 15.3. The van der Waals surface area contributed by atoms with Gasteiger partial charge in [0.05, 0.1) is 11.9 Å². The molecule has 8 nitrogen and oxygen atoms in total. The van der Waals surface area contributed by atoms with Gasteiger partial charge < -0.3 is 10.2 Å². The zero-order valence-corrected chi connectivity index (χ0v) is 17.3. The second kappa shape index (κ2) is 8.59. The highest BCUT2D eigenvalue weighted by Crippen LogP contribution is 2.18. The molecule has 4 aromatic rings. The molecule has 31 heavy (non-hydrogen) atoms. The van der Waals surface area contributed by atoms with Gasteiger partial charge >= 0.3 is 0 Å². The summed E-state index contributed by atoms with van der Waals surface area (Å²) < 4.78 is 1.67. The van der Waals surface area contributed by atoms with Crippen molar-refractivity contribution in [3.8, 4) is 5.69 Å². The van der Waals surface area contributed by atoms with E-state index in [-0.39, 0.29) is 5.56 Å². The highest BCUT2D eigenvalue weighted by molar-refractivity contribution is 5.76. The molecule has 2 N–H and O–H groups in total. The monoisotopic (exact) mass is 415 g/mol. The first kappa shape index (κ1) is 19.3. The third-order valence-corrected chi connectivity index (χ3v) is 5.64. The van der Waals surface area contributed by atoms with Gasteiger partial charge in [0.2, 0.25) is 5.95 Å². The van der Waals surface area contributed by atoms with E-state index >= 15 is 0 Å². The Kier molecular flexibility index (Phi) is 5.35. The van der Waals surface area contributed by atoms with E-state index in [0.717, 1.165) is 30.2 Å². The van der Waals surface area contributed by atoms with Crippen LogP contribution in [0.3, 0.4) is 0 Å². The largest absolute Gasteiger partial charge is 0.357 e. The molecule has 0 radical (unpaired) electrons. The molecule has 0 bridgehead atoms. The minimum atomic E-state index is -0.218. The fraction of sp³-hybridized carbons (Fsp3) is 0.304. The van der Waals surface area contributed by atoms with Crippen molar-refractivity contribution in [3.05, 3.63) is 70.8 Å². The van der Waals surface area contributed by atoms with Crippen LogP contribution < -0.4 is 15.8 Å². The molecule has 0 amide bonds. The van der Waals surface area contributed by atoms with Crippen LogP contribution in [0, 0.1) is 0 Å². The third kappa shape index (κ3) is 4.14. The van der Waals surface area contributed by atoms with Crippen LogP contribution >= 0.6 is 0 Å². The lowest BCUT2D eigenvalue weighted by molar-refractivity contribution is 0.726. The van der Waals surface area contributed by atoms with E-state index in [4.69, 9.17) is 0 Å². The van der Waals surface area contributed by atoms with Crippen LogP contribution in [0.2, 0.25) is 0 Å². The Morgan fingerprint density at radius 3 is 2.52 bits per heavy atom. The summed E-state index contributed by atoms with van der Waals surface area (Å²) in [4.78, 5) is 26.9. The number of aromatic nitrogens is 5. The van der Waals surface area contributed by atoms with E-state index in [0.29, 0.717) is 23.5 Å². The first-order valence-corrected chi connectivity index (χ1v) is 10.8. The number of rotatable bonds is 5. The maximum Gasteiger partial charge on any atom is 0.263 e. The van der Waals surface area contributed by atoms with Crippen molar-refractivity contribution in [2.75, 3.05) is 23.3 Å². The Bertz CT molecular complexity index is 1210. The van der Waals surface area contributed by atoms with Gasteiger partial charge in [0.25, 0.3) is 5.56 Å². The van der Waals surface area contributed by atoms with Crippen molar-refractivity contribution in [2.45, 2.75) is 32.2 Å². The summed E-state index contributed by atoms with van der Waals surface area (Å²) in [6.45, 7) is 2.66. The second-order valence-corrected chi connectivity index (χ2v) is 7.82. The molecule has 0 saturated carbocycles. The maximum absolute atomic E-state index is 12.5. The number of para-hydroxylation sites is 1. The molecule has 0 aliphatic carbocycles. The van der Waals surface area contributed by atoms with Crippen molar-refractivity contribution in [1.29, 1.82) is 0 Å². The van der Waals surface area contributed by atoms with Gasteiger partial charge in [-0.3, -0.25) is 9.78 Å². The van der Waals surface area contributed by atoms with E-state index in [1.807, 2.05) is 36.5 Å². The number of H-pyrrole nitrogens is 1. The van der Waals surface area contributed by atoms with Gasteiger partial charge in [-0.1, -0.05) is 37.1 Å². The lowest BCUT2D eigenvalue weighted by Crippen LogP contribution is -2.24. The van der Waals surface area contributed by atoms with Crippen LogP contribution in [0.1, 0.15) is 31.2 Å². The molecule has 158 valence electrons. The highest BCUT2D eigenvalue weighted by atomic mass is 16.1. The van der Waals surface area contributed by atoms with Crippen molar-refractivity contribution in [3.63, 3.8) is 0 Å². The number of anilines is 2. The number of benzene rings is 1. The van der Waals surface area contributed by atoms with E-state index in [1.54, 1.807) is 10.9 Å². The summed E-state index contributed by atoms with van der Waals surface area (Å²) in [5, 5.41) is 8.00. The quantitative estimate of drug-likeness (QED) is 0.518. The van der Waals surface area contributed by atoms with Gasteiger partial charge in [0.1, 0.15) is 11.2 Å². The lowest BCUT2D eigenvalue weighted by Gasteiger charge is -2.21. The first-order valence-electron chi connectivity index (χ1n) is 10.8. The molecule has 1 fully saturated rings. The zero-order chi connectivity index (χ0) is 21.0.